The minimum Gasteiger partial charge on any atom is -0.206 e. The van der Waals surface area contributed by atoms with Gasteiger partial charge in [0.2, 0.25) is 0 Å². The molecule has 0 aliphatic heterocycles. The summed E-state index contributed by atoms with van der Waals surface area (Å²) in [6.45, 7) is 4.40. The van der Waals surface area contributed by atoms with Gasteiger partial charge in [0.1, 0.15) is 5.82 Å². The number of rotatable bonds is 9. The van der Waals surface area contributed by atoms with Crippen molar-refractivity contribution in [2.45, 2.75) is 70.6 Å². The van der Waals surface area contributed by atoms with Gasteiger partial charge in [0.15, 0.2) is 0 Å². The Hall–Kier alpha value is -2.93. The monoisotopic (exact) mass is 466 g/mol. The number of benzene rings is 3. The molecule has 4 rings (SSSR count). The maximum atomic E-state index is 14.9. The van der Waals surface area contributed by atoms with Crippen LogP contribution < -0.4 is 0 Å². The predicted molar refractivity (Wildman–Crippen MR) is 149 cm³/mol. The maximum Gasteiger partial charge on any atom is 0.130 e. The highest BCUT2D eigenvalue weighted by Gasteiger charge is 2.24. The summed E-state index contributed by atoms with van der Waals surface area (Å²) in [5.74, 6) is 1.76. The highest BCUT2D eigenvalue weighted by Crippen LogP contribution is 2.40. The molecule has 0 nitrogen and oxygen atoms in total. The van der Waals surface area contributed by atoms with Gasteiger partial charge >= 0.3 is 0 Å². The van der Waals surface area contributed by atoms with Crippen LogP contribution in [0.15, 0.2) is 84.9 Å². The molecule has 0 amide bonds. The topological polar surface area (TPSA) is 0 Å². The lowest BCUT2D eigenvalue weighted by atomic mass is 9.75. The first-order valence-corrected chi connectivity index (χ1v) is 13.3. The second kappa shape index (κ2) is 12.7. The summed E-state index contributed by atoms with van der Waals surface area (Å²) in [5, 5.41) is 0. The van der Waals surface area contributed by atoms with Crippen molar-refractivity contribution in [2.75, 3.05) is 0 Å². The van der Waals surface area contributed by atoms with E-state index in [4.69, 9.17) is 0 Å². The van der Waals surface area contributed by atoms with Crippen molar-refractivity contribution in [3.05, 3.63) is 119 Å². The Morgan fingerprint density at radius 3 is 2.31 bits per heavy atom. The number of hydrogen-bond donors (Lipinski definition) is 0. The standard InChI is InChI=1S/C34H39F/c1-3-4-6-9-27-12-14-28(15-13-27)16-21-32-22-23-33(25-34(32)35)31-19-17-29(18-20-31)24-26(2)30-10-7-5-8-11-30/h3-5,7-8,10-16,21-23,25-26,29,31H,6,9,17-20,24H2,1-2H3/b4-3+,21-16?/t26-,29?,31?/m0/s1. The molecule has 35 heavy (non-hydrogen) atoms. The Morgan fingerprint density at radius 1 is 0.886 bits per heavy atom. The predicted octanol–water partition coefficient (Wildman–Crippen LogP) is 9.97. The molecule has 0 aromatic heterocycles. The van der Waals surface area contributed by atoms with Gasteiger partial charge in [-0.3, -0.25) is 0 Å². The van der Waals surface area contributed by atoms with E-state index in [9.17, 15) is 4.39 Å². The Balaban J connectivity index is 1.30. The zero-order valence-corrected chi connectivity index (χ0v) is 21.3. The molecule has 1 atom stereocenters. The van der Waals surface area contributed by atoms with Crippen LogP contribution in [0.25, 0.3) is 12.2 Å². The molecule has 0 N–H and O–H groups in total. The summed E-state index contributed by atoms with van der Waals surface area (Å²) in [6, 6.07) is 25.3. The average Bonchev–Trinajstić information content (AvgIpc) is 2.90. The Kier molecular flexibility index (Phi) is 9.12. The highest BCUT2D eigenvalue weighted by atomic mass is 19.1. The summed E-state index contributed by atoms with van der Waals surface area (Å²) in [6.07, 6.45) is 16.4. The molecule has 0 spiro atoms. The van der Waals surface area contributed by atoms with Crippen molar-refractivity contribution in [2.24, 2.45) is 5.92 Å². The molecule has 1 heteroatoms. The third-order valence-corrected chi connectivity index (χ3v) is 7.67. The van der Waals surface area contributed by atoms with Crippen molar-refractivity contribution in [1.82, 2.24) is 0 Å². The zero-order valence-electron chi connectivity index (χ0n) is 21.3. The molecule has 1 aliphatic carbocycles. The fourth-order valence-corrected chi connectivity index (χ4v) is 5.48. The summed E-state index contributed by atoms with van der Waals surface area (Å²) < 4.78 is 14.9. The lowest BCUT2D eigenvalue weighted by Gasteiger charge is -2.30. The highest BCUT2D eigenvalue weighted by molar-refractivity contribution is 5.70. The van der Waals surface area contributed by atoms with Crippen LogP contribution >= 0.6 is 0 Å². The van der Waals surface area contributed by atoms with Crippen LogP contribution in [0, 0.1) is 11.7 Å². The molecule has 1 fully saturated rings. The van der Waals surface area contributed by atoms with Crippen molar-refractivity contribution in [1.29, 1.82) is 0 Å². The molecule has 0 saturated heterocycles. The van der Waals surface area contributed by atoms with E-state index in [2.05, 4.69) is 86.7 Å². The van der Waals surface area contributed by atoms with E-state index in [1.54, 1.807) is 6.07 Å². The fourth-order valence-electron chi connectivity index (χ4n) is 5.48. The minimum absolute atomic E-state index is 0.110. The molecule has 3 aromatic carbocycles. The van der Waals surface area contributed by atoms with Crippen molar-refractivity contribution in [3.63, 3.8) is 0 Å². The van der Waals surface area contributed by atoms with Gasteiger partial charge in [-0.15, -0.1) is 0 Å². The number of aryl methyl sites for hydroxylation is 1. The van der Waals surface area contributed by atoms with Gasteiger partial charge in [-0.2, -0.15) is 0 Å². The summed E-state index contributed by atoms with van der Waals surface area (Å²) in [5.41, 5.74) is 5.71. The average molecular weight is 467 g/mol. The first-order chi connectivity index (χ1) is 17.1. The SMILES string of the molecule is C/C=C/CCc1ccc(C=Cc2ccc(C3CCC(C[C@H](C)c4ccccc4)CC3)cc2F)cc1. The first kappa shape index (κ1) is 25.2. The van der Waals surface area contributed by atoms with E-state index >= 15 is 0 Å². The minimum atomic E-state index is -0.110. The van der Waals surface area contributed by atoms with Gasteiger partial charge in [-0.1, -0.05) is 98.0 Å². The molecule has 0 unspecified atom stereocenters. The zero-order chi connectivity index (χ0) is 24.5. The molecule has 1 saturated carbocycles. The third kappa shape index (κ3) is 7.28. The van der Waals surface area contributed by atoms with Gasteiger partial charge in [-0.05, 0) is 97.9 Å². The number of halogens is 1. The molecule has 0 bridgehead atoms. The molecule has 1 aliphatic rings. The van der Waals surface area contributed by atoms with Crippen LogP contribution in [0.4, 0.5) is 4.39 Å². The lowest BCUT2D eigenvalue weighted by molar-refractivity contribution is 0.297. The second-order valence-electron chi connectivity index (χ2n) is 10.2. The van der Waals surface area contributed by atoms with Crippen molar-refractivity contribution in [3.8, 4) is 0 Å². The van der Waals surface area contributed by atoms with Gasteiger partial charge in [0, 0.05) is 5.56 Å². The summed E-state index contributed by atoms with van der Waals surface area (Å²) >= 11 is 0. The molecular formula is C34H39F. The molecule has 0 radical (unpaired) electrons. The Labute approximate surface area is 211 Å². The van der Waals surface area contributed by atoms with Crippen LogP contribution in [0.3, 0.4) is 0 Å². The van der Waals surface area contributed by atoms with Gasteiger partial charge in [0.05, 0.1) is 0 Å². The van der Waals surface area contributed by atoms with Crippen LogP contribution in [-0.2, 0) is 6.42 Å². The Morgan fingerprint density at radius 2 is 1.63 bits per heavy atom. The maximum absolute atomic E-state index is 14.9. The van der Waals surface area contributed by atoms with E-state index in [1.165, 1.54) is 48.8 Å². The largest absolute Gasteiger partial charge is 0.206 e. The van der Waals surface area contributed by atoms with E-state index < -0.39 is 0 Å². The second-order valence-corrected chi connectivity index (χ2v) is 10.2. The molecule has 3 aromatic rings. The normalized spacial score (nSPS) is 19.4. The van der Waals surface area contributed by atoms with Crippen LogP contribution in [0.5, 0.6) is 0 Å². The van der Waals surface area contributed by atoms with E-state index in [1.807, 2.05) is 18.2 Å². The number of allylic oxidation sites excluding steroid dienone is 2. The van der Waals surface area contributed by atoms with Crippen LogP contribution in [0.1, 0.15) is 92.0 Å². The van der Waals surface area contributed by atoms with Gasteiger partial charge < -0.3 is 0 Å². The van der Waals surface area contributed by atoms with Gasteiger partial charge in [-0.25, -0.2) is 4.39 Å². The summed E-state index contributed by atoms with van der Waals surface area (Å²) in [7, 11) is 0. The first-order valence-electron chi connectivity index (χ1n) is 13.3. The quantitative estimate of drug-likeness (QED) is 0.217. The van der Waals surface area contributed by atoms with E-state index in [-0.39, 0.29) is 5.82 Å². The van der Waals surface area contributed by atoms with Gasteiger partial charge in [0.25, 0.3) is 0 Å². The van der Waals surface area contributed by atoms with E-state index in [0.717, 1.165) is 24.3 Å². The molecular weight excluding hydrogens is 427 g/mol. The van der Waals surface area contributed by atoms with Crippen LogP contribution in [0.2, 0.25) is 0 Å². The summed E-state index contributed by atoms with van der Waals surface area (Å²) in [4.78, 5) is 0. The molecule has 182 valence electrons. The van der Waals surface area contributed by atoms with E-state index in [0.29, 0.717) is 17.4 Å². The smallest absolute Gasteiger partial charge is 0.130 e. The lowest BCUT2D eigenvalue weighted by Crippen LogP contribution is -2.15. The van der Waals surface area contributed by atoms with Crippen LogP contribution in [-0.4, -0.2) is 0 Å². The Bertz CT molecular complexity index is 1100. The van der Waals surface area contributed by atoms with Crippen molar-refractivity contribution < 1.29 is 4.39 Å². The third-order valence-electron chi connectivity index (χ3n) is 7.67. The molecule has 0 heterocycles. The number of hydrogen-bond acceptors (Lipinski definition) is 0. The fraction of sp³-hybridized carbons (Fsp3) is 0.353. The van der Waals surface area contributed by atoms with Crippen molar-refractivity contribution >= 4 is 12.2 Å².